The number of halogens is 1. The van der Waals surface area contributed by atoms with Crippen molar-refractivity contribution in [3.05, 3.63) is 70.0 Å². The van der Waals surface area contributed by atoms with E-state index in [0.29, 0.717) is 19.6 Å². The standard InChI is InChI=1S/C21H33NO4.C9H11F/c1-16-9-10-20(18(13-16)7-3-4-8-21(24)25)17(2)26-15-19(23)14-22-11-5-6-12-22;1-3-8-5-4-7(2)9(10)6-8/h9-10,13,17,19,23H,3-8,11-12,14-15H2,1-2H3,(H,24,25);4-6H,3H2,1-2H3. The molecular weight excluding hydrogens is 457 g/mol. The molecule has 0 spiro atoms. The van der Waals surface area contributed by atoms with Crippen LogP contribution in [0.2, 0.25) is 0 Å². The third kappa shape index (κ3) is 10.8. The number of aliphatic hydroxyl groups excluding tert-OH is 1. The molecule has 200 valence electrons. The smallest absolute Gasteiger partial charge is 0.303 e. The number of benzene rings is 2. The third-order valence-corrected chi connectivity index (χ3v) is 6.67. The van der Waals surface area contributed by atoms with E-state index in [1.165, 1.54) is 24.0 Å². The highest BCUT2D eigenvalue weighted by Crippen LogP contribution is 2.24. The summed E-state index contributed by atoms with van der Waals surface area (Å²) >= 11 is 0. The molecule has 2 aromatic rings. The maximum atomic E-state index is 12.8. The maximum absolute atomic E-state index is 12.8. The first-order valence-corrected chi connectivity index (χ1v) is 13.3. The van der Waals surface area contributed by atoms with Crippen LogP contribution in [0.5, 0.6) is 0 Å². The van der Waals surface area contributed by atoms with Gasteiger partial charge in [-0.1, -0.05) is 42.8 Å². The Morgan fingerprint density at radius 2 is 1.83 bits per heavy atom. The number of aliphatic hydroxyl groups is 1. The first-order valence-electron chi connectivity index (χ1n) is 13.3. The average Bonchev–Trinajstić information content (AvgIpc) is 3.35. The van der Waals surface area contributed by atoms with Gasteiger partial charge in [-0.15, -0.1) is 0 Å². The van der Waals surface area contributed by atoms with E-state index in [1.807, 2.05) is 26.0 Å². The second-order valence-corrected chi connectivity index (χ2v) is 9.88. The van der Waals surface area contributed by atoms with Gasteiger partial charge in [0.2, 0.25) is 0 Å². The molecule has 5 nitrogen and oxygen atoms in total. The van der Waals surface area contributed by atoms with Crippen molar-refractivity contribution in [1.29, 1.82) is 0 Å². The van der Waals surface area contributed by atoms with Gasteiger partial charge in [0.25, 0.3) is 0 Å². The van der Waals surface area contributed by atoms with Crippen LogP contribution in [0.3, 0.4) is 0 Å². The van der Waals surface area contributed by atoms with Crippen molar-refractivity contribution in [2.75, 3.05) is 26.2 Å². The van der Waals surface area contributed by atoms with Crippen molar-refractivity contribution in [3.63, 3.8) is 0 Å². The zero-order chi connectivity index (χ0) is 26.5. The Morgan fingerprint density at radius 1 is 1.11 bits per heavy atom. The average molecular weight is 502 g/mol. The van der Waals surface area contributed by atoms with Gasteiger partial charge in [0.1, 0.15) is 5.82 Å². The number of aryl methyl sites for hydroxylation is 4. The molecule has 2 atom stereocenters. The maximum Gasteiger partial charge on any atom is 0.303 e. The molecule has 1 aliphatic rings. The number of unbranched alkanes of at least 4 members (excludes halogenated alkanes) is 1. The molecule has 1 fully saturated rings. The molecule has 2 aromatic carbocycles. The molecule has 6 heteroatoms. The van der Waals surface area contributed by atoms with E-state index in [0.717, 1.165) is 49.0 Å². The molecule has 0 radical (unpaired) electrons. The van der Waals surface area contributed by atoms with Gasteiger partial charge < -0.3 is 19.8 Å². The highest BCUT2D eigenvalue weighted by Gasteiger charge is 2.18. The predicted molar refractivity (Wildman–Crippen MR) is 143 cm³/mol. The molecule has 1 saturated heterocycles. The first-order chi connectivity index (χ1) is 17.2. The van der Waals surface area contributed by atoms with Crippen LogP contribution in [-0.2, 0) is 22.4 Å². The molecule has 36 heavy (non-hydrogen) atoms. The topological polar surface area (TPSA) is 70.0 Å². The van der Waals surface area contributed by atoms with Crippen molar-refractivity contribution >= 4 is 5.97 Å². The number of carboxylic acids is 1. The van der Waals surface area contributed by atoms with E-state index in [9.17, 15) is 14.3 Å². The van der Waals surface area contributed by atoms with Crippen LogP contribution in [0.4, 0.5) is 4.39 Å². The van der Waals surface area contributed by atoms with Gasteiger partial charge in [-0.3, -0.25) is 4.79 Å². The Morgan fingerprint density at radius 3 is 2.47 bits per heavy atom. The van der Waals surface area contributed by atoms with Crippen LogP contribution in [0, 0.1) is 19.7 Å². The Bertz CT molecular complexity index is 943. The second kappa shape index (κ2) is 15.7. The molecule has 0 aromatic heterocycles. The summed E-state index contributed by atoms with van der Waals surface area (Å²) in [5.74, 6) is -0.836. The molecule has 0 saturated carbocycles. The Balaban J connectivity index is 0.000000380. The van der Waals surface area contributed by atoms with Gasteiger partial charge in [0.05, 0.1) is 18.8 Å². The number of likely N-dealkylation sites (tertiary alicyclic amines) is 1. The van der Waals surface area contributed by atoms with E-state index >= 15 is 0 Å². The minimum Gasteiger partial charge on any atom is -0.481 e. The van der Waals surface area contributed by atoms with Crippen molar-refractivity contribution in [2.45, 2.75) is 84.8 Å². The number of rotatable bonds is 12. The normalized spacial score (nSPS) is 15.3. The molecule has 0 bridgehead atoms. The molecule has 3 rings (SSSR count). The summed E-state index contributed by atoms with van der Waals surface area (Å²) < 4.78 is 18.7. The largest absolute Gasteiger partial charge is 0.481 e. The molecule has 0 aliphatic carbocycles. The van der Waals surface area contributed by atoms with Crippen LogP contribution in [-0.4, -0.2) is 53.4 Å². The van der Waals surface area contributed by atoms with Gasteiger partial charge >= 0.3 is 5.97 Å². The van der Waals surface area contributed by atoms with Gasteiger partial charge in [0.15, 0.2) is 0 Å². The fraction of sp³-hybridized carbons (Fsp3) is 0.567. The number of carboxylic acid groups (broad SMARTS) is 1. The number of ether oxygens (including phenoxy) is 1. The molecule has 1 heterocycles. The van der Waals surface area contributed by atoms with Crippen molar-refractivity contribution in [1.82, 2.24) is 4.90 Å². The fourth-order valence-electron chi connectivity index (χ4n) is 4.46. The van der Waals surface area contributed by atoms with E-state index < -0.39 is 12.1 Å². The molecular formula is C30H44FNO4. The molecule has 0 amide bonds. The van der Waals surface area contributed by atoms with E-state index in [-0.39, 0.29) is 18.3 Å². The minimum atomic E-state index is -0.738. The summed E-state index contributed by atoms with van der Waals surface area (Å²) in [7, 11) is 0. The second-order valence-electron chi connectivity index (χ2n) is 9.88. The highest BCUT2D eigenvalue weighted by atomic mass is 19.1. The van der Waals surface area contributed by atoms with Crippen LogP contribution in [0.1, 0.15) is 79.9 Å². The number of β-amino-alcohol motifs (C(OH)–C–C–N with tert-alkyl or cyclic N) is 1. The number of hydrogen-bond acceptors (Lipinski definition) is 4. The number of hydrogen-bond donors (Lipinski definition) is 2. The van der Waals surface area contributed by atoms with Gasteiger partial charge in [-0.25, -0.2) is 4.39 Å². The Kier molecular flexibility index (Phi) is 13.1. The minimum absolute atomic E-state index is 0.0849. The molecule has 2 N–H and O–H groups in total. The lowest BCUT2D eigenvalue weighted by atomic mass is 9.96. The van der Waals surface area contributed by atoms with Crippen molar-refractivity contribution in [2.24, 2.45) is 0 Å². The lowest BCUT2D eigenvalue weighted by molar-refractivity contribution is -0.137. The van der Waals surface area contributed by atoms with E-state index in [2.05, 4.69) is 30.0 Å². The zero-order valence-corrected chi connectivity index (χ0v) is 22.4. The summed E-state index contributed by atoms with van der Waals surface area (Å²) in [5.41, 5.74) is 5.33. The summed E-state index contributed by atoms with van der Waals surface area (Å²) in [6.45, 7) is 11.0. The van der Waals surface area contributed by atoms with Gasteiger partial charge in [0, 0.05) is 13.0 Å². The quantitative estimate of drug-likeness (QED) is 0.348. The number of nitrogens with zero attached hydrogens (tertiary/aromatic N) is 1. The lowest BCUT2D eigenvalue weighted by Crippen LogP contribution is -2.33. The summed E-state index contributed by atoms with van der Waals surface area (Å²) in [6, 6.07) is 11.7. The lowest BCUT2D eigenvalue weighted by Gasteiger charge is -2.22. The van der Waals surface area contributed by atoms with E-state index in [4.69, 9.17) is 9.84 Å². The Hall–Kier alpha value is -2.28. The monoisotopic (exact) mass is 501 g/mol. The summed E-state index contributed by atoms with van der Waals surface area (Å²) in [5, 5.41) is 19.0. The SMILES string of the molecule is CCc1ccc(C)c(F)c1.Cc1ccc(C(C)OCC(O)CN2CCCC2)c(CCCCC(=O)O)c1. The Labute approximate surface area is 216 Å². The van der Waals surface area contributed by atoms with Gasteiger partial charge in [-0.2, -0.15) is 0 Å². The molecule has 1 aliphatic heterocycles. The summed E-state index contributed by atoms with van der Waals surface area (Å²) in [6.07, 6.45) is 5.41. The van der Waals surface area contributed by atoms with Crippen molar-refractivity contribution < 1.29 is 24.1 Å². The summed E-state index contributed by atoms with van der Waals surface area (Å²) in [4.78, 5) is 13.0. The van der Waals surface area contributed by atoms with E-state index in [1.54, 1.807) is 13.0 Å². The zero-order valence-electron chi connectivity index (χ0n) is 22.4. The number of aliphatic carboxylic acids is 1. The fourth-order valence-corrected chi connectivity index (χ4v) is 4.46. The first kappa shape index (κ1) is 29.9. The highest BCUT2D eigenvalue weighted by molar-refractivity contribution is 5.66. The predicted octanol–water partition coefficient (Wildman–Crippen LogP) is 6.02. The van der Waals surface area contributed by atoms with Crippen LogP contribution in [0.25, 0.3) is 0 Å². The van der Waals surface area contributed by atoms with Gasteiger partial charge in [-0.05, 0) is 101 Å². The van der Waals surface area contributed by atoms with Crippen LogP contribution in [0.15, 0.2) is 36.4 Å². The third-order valence-electron chi connectivity index (χ3n) is 6.67. The van der Waals surface area contributed by atoms with Crippen molar-refractivity contribution in [3.8, 4) is 0 Å². The number of carbonyl (C=O) groups is 1. The van der Waals surface area contributed by atoms with Crippen LogP contribution < -0.4 is 0 Å². The van der Waals surface area contributed by atoms with Crippen LogP contribution >= 0.6 is 0 Å². The molecule has 2 unspecified atom stereocenters.